The van der Waals surface area contributed by atoms with Gasteiger partial charge in [0.1, 0.15) is 11.7 Å². The molecule has 3 saturated heterocycles. The molecule has 6 rings (SSSR count). The predicted molar refractivity (Wildman–Crippen MR) is 262 cm³/mol. The maximum atomic E-state index is 13.7. The number of methoxy groups -OCH3 is 1. The molecule has 0 radical (unpaired) electrons. The summed E-state index contributed by atoms with van der Waals surface area (Å²) in [6, 6.07) is -0.543. The molecule has 10 nitrogen and oxygen atoms in total. The molecule has 0 amide bonds. The molecule has 5 aliphatic rings. The second-order valence-corrected chi connectivity index (χ2v) is 21.4. The van der Waals surface area contributed by atoms with Gasteiger partial charge in [0.25, 0.3) is 0 Å². The Morgan fingerprint density at radius 1 is 0.785 bits per heavy atom. The van der Waals surface area contributed by atoms with Gasteiger partial charge in [-0.1, -0.05) is 120 Å². The van der Waals surface area contributed by atoms with Crippen LogP contribution in [0.5, 0.6) is 0 Å². The first kappa shape index (κ1) is 50.2. The molecular formula is C55H84N4O6. The number of nitrogens with one attached hydrogen (secondary N) is 4. The average Bonchev–Trinajstić information content (AvgIpc) is 4.00. The van der Waals surface area contributed by atoms with E-state index >= 15 is 0 Å². The lowest BCUT2D eigenvalue weighted by atomic mass is 9.80. The van der Waals surface area contributed by atoms with Gasteiger partial charge in [0, 0.05) is 69.7 Å². The van der Waals surface area contributed by atoms with Gasteiger partial charge >= 0.3 is 11.9 Å². The molecule has 11 atom stereocenters. The van der Waals surface area contributed by atoms with Gasteiger partial charge in [-0.2, -0.15) is 0 Å². The number of rotatable bonds is 21. The van der Waals surface area contributed by atoms with Crippen molar-refractivity contribution in [2.24, 2.45) is 59.2 Å². The molecule has 5 N–H and O–H groups in total. The van der Waals surface area contributed by atoms with Crippen LogP contribution in [0.15, 0.2) is 45.8 Å². The SMILES string of the molecule is CC[C@H]1/C2=C/[C@@H]3NC4=C([C@@H](C(=O)OC)C(O)=C4C3C)[C@H]3N/C(=C\c4[nH]c(c(C(C)=O)c4C)/C=C(\N2)[C@@H]1C)[C@@H](C)[C@@H]3CCC(=O)OCCC(C)CCC[C@@H](C)CCC[C@@H](C)CCCC(C)C. The fourth-order valence-electron chi connectivity index (χ4n) is 11.8. The summed E-state index contributed by atoms with van der Waals surface area (Å²) >= 11 is 0. The van der Waals surface area contributed by atoms with Crippen LogP contribution in [0.4, 0.5) is 0 Å². The number of esters is 2. The molecule has 0 spiro atoms. The van der Waals surface area contributed by atoms with Gasteiger partial charge in [0.05, 0.1) is 31.5 Å². The van der Waals surface area contributed by atoms with E-state index in [-0.39, 0.29) is 59.6 Å². The summed E-state index contributed by atoms with van der Waals surface area (Å²) in [4.78, 5) is 44.1. The first-order chi connectivity index (χ1) is 30.9. The molecule has 0 saturated carbocycles. The molecule has 1 aromatic rings. The summed E-state index contributed by atoms with van der Waals surface area (Å²) in [5.41, 5.74) is 8.53. The Morgan fingerprint density at radius 2 is 1.40 bits per heavy atom. The van der Waals surface area contributed by atoms with E-state index in [2.05, 4.69) is 101 Å². The fraction of sp³-hybridized carbons (Fsp3) is 0.691. The Hall–Kier alpha value is -4.21. The minimum Gasteiger partial charge on any atom is -0.511 e. The summed E-state index contributed by atoms with van der Waals surface area (Å²) in [5, 5.41) is 23.3. The molecule has 360 valence electrons. The maximum Gasteiger partial charge on any atom is 0.320 e. The van der Waals surface area contributed by atoms with Crippen LogP contribution in [-0.2, 0) is 19.1 Å². The number of H-pyrrole nitrogens is 1. The number of aliphatic hydroxyl groups is 1. The third kappa shape index (κ3) is 11.3. The number of ether oxygens (including phenoxy) is 2. The highest BCUT2D eigenvalue weighted by atomic mass is 16.5. The van der Waals surface area contributed by atoms with Crippen LogP contribution >= 0.6 is 0 Å². The largest absolute Gasteiger partial charge is 0.511 e. The molecule has 1 aromatic heterocycles. The number of fused-ring (bicyclic) bond motifs is 8. The maximum absolute atomic E-state index is 13.7. The van der Waals surface area contributed by atoms with Crippen molar-refractivity contribution in [1.82, 2.24) is 20.9 Å². The van der Waals surface area contributed by atoms with Crippen molar-refractivity contribution in [3.8, 4) is 0 Å². The van der Waals surface area contributed by atoms with E-state index in [9.17, 15) is 19.5 Å². The molecule has 2 unspecified atom stereocenters. The van der Waals surface area contributed by atoms with Crippen LogP contribution in [0.3, 0.4) is 0 Å². The van der Waals surface area contributed by atoms with Gasteiger partial charge in [-0.05, 0) is 92.1 Å². The molecule has 10 heteroatoms. The lowest BCUT2D eigenvalue weighted by Crippen LogP contribution is -2.38. The van der Waals surface area contributed by atoms with Gasteiger partial charge in [0.2, 0.25) is 0 Å². The molecular weight excluding hydrogens is 813 g/mol. The zero-order valence-corrected chi connectivity index (χ0v) is 42.0. The monoisotopic (exact) mass is 897 g/mol. The highest BCUT2D eigenvalue weighted by Gasteiger charge is 2.52. The van der Waals surface area contributed by atoms with Gasteiger partial charge in [-0.25, -0.2) is 0 Å². The number of allylic oxidation sites excluding steroid dienone is 4. The van der Waals surface area contributed by atoms with E-state index in [1.54, 1.807) is 6.92 Å². The topological polar surface area (TPSA) is 142 Å². The summed E-state index contributed by atoms with van der Waals surface area (Å²) in [5.74, 6) is 1.30. The molecule has 8 bridgehead atoms. The Bertz CT molecular complexity index is 2050. The van der Waals surface area contributed by atoms with Crippen molar-refractivity contribution in [2.45, 2.75) is 172 Å². The van der Waals surface area contributed by atoms with Gasteiger partial charge in [0.15, 0.2) is 5.78 Å². The number of aromatic nitrogens is 1. The molecule has 5 heterocycles. The first-order valence-corrected chi connectivity index (χ1v) is 25.5. The smallest absolute Gasteiger partial charge is 0.320 e. The minimum absolute atomic E-state index is 0.00542. The second kappa shape index (κ2) is 22.1. The standard InChI is InChI=1S/C55H84N4O6/c1-13-39-34(7)41-29-46-48(38(11)60)36(9)43(57-46)27-42-35(8)40(52(58-42)50-51(55(63)64-12)54(62)49-37(10)44(59-53(49)50)28-45(39)56-41)23-24-47(61)65-26-25-33(6)22-16-21-32(5)20-15-19-31(4)18-14-17-30(2)3/h27-35,37,39-40,44,51-52,56-59,62H,13-26H2,1-12H3/b41-29-,42-27-,45-28-/t31-,32-,33?,34+,35-,37?,39+,40-,44-,51+,52-/m0/s1. The van der Waals surface area contributed by atoms with Gasteiger partial charge < -0.3 is 35.5 Å². The Balaban J connectivity index is 1.16. The summed E-state index contributed by atoms with van der Waals surface area (Å²) in [6.45, 7) is 24.4. The number of carbonyl (C=O) groups excluding carboxylic acids is 3. The first-order valence-electron chi connectivity index (χ1n) is 25.5. The van der Waals surface area contributed by atoms with E-state index in [0.717, 1.165) is 87.9 Å². The highest BCUT2D eigenvalue weighted by molar-refractivity contribution is 6.00. The summed E-state index contributed by atoms with van der Waals surface area (Å²) in [7, 11) is 1.36. The Kier molecular flexibility index (Phi) is 17.0. The zero-order valence-electron chi connectivity index (χ0n) is 42.0. The minimum atomic E-state index is -0.978. The van der Waals surface area contributed by atoms with Crippen molar-refractivity contribution in [3.63, 3.8) is 0 Å². The predicted octanol–water partition coefficient (Wildman–Crippen LogP) is 11.9. The second-order valence-electron chi connectivity index (χ2n) is 21.4. The van der Waals surface area contributed by atoms with Crippen LogP contribution in [0, 0.1) is 66.1 Å². The number of ketones is 1. The zero-order chi connectivity index (χ0) is 47.3. The summed E-state index contributed by atoms with van der Waals surface area (Å²) in [6.07, 6.45) is 20.6. The lowest BCUT2D eigenvalue weighted by molar-refractivity contribution is -0.145. The van der Waals surface area contributed by atoms with Crippen molar-refractivity contribution in [3.05, 3.63) is 68.3 Å². The Morgan fingerprint density at radius 3 is 2.00 bits per heavy atom. The van der Waals surface area contributed by atoms with Gasteiger partial charge in [-0.15, -0.1) is 0 Å². The number of aromatic amines is 1. The normalized spacial score (nSPS) is 29.5. The van der Waals surface area contributed by atoms with Crippen LogP contribution in [0.2, 0.25) is 0 Å². The van der Waals surface area contributed by atoms with Gasteiger partial charge in [-0.3, -0.25) is 14.4 Å². The number of aliphatic hydroxyl groups excluding tert-OH is 1. The molecule has 0 aromatic carbocycles. The average molecular weight is 897 g/mol. The van der Waals surface area contributed by atoms with E-state index in [1.807, 2.05) is 6.92 Å². The quantitative estimate of drug-likeness (QED) is 0.0602. The van der Waals surface area contributed by atoms with E-state index in [4.69, 9.17) is 9.47 Å². The lowest BCUT2D eigenvalue weighted by Gasteiger charge is -2.27. The fourth-order valence-corrected chi connectivity index (χ4v) is 11.8. The summed E-state index contributed by atoms with van der Waals surface area (Å²) < 4.78 is 11.3. The number of Topliss-reactive ketones (excluding diaryl/α,β-unsaturated/α-hetero) is 1. The van der Waals surface area contributed by atoms with E-state index in [0.29, 0.717) is 24.5 Å². The van der Waals surface area contributed by atoms with Crippen LogP contribution < -0.4 is 16.0 Å². The van der Waals surface area contributed by atoms with Crippen molar-refractivity contribution < 1.29 is 29.0 Å². The Labute approximate surface area is 391 Å². The van der Waals surface area contributed by atoms with Crippen molar-refractivity contribution >= 4 is 29.9 Å². The van der Waals surface area contributed by atoms with E-state index in [1.165, 1.54) is 58.5 Å². The molecule has 3 fully saturated rings. The van der Waals surface area contributed by atoms with Crippen LogP contribution in [-0.4, -0.2) is 53.6 Å². The highest BCUT2D eigenvalue weighted by Crippen LogP contribution is 2.51. The van der Waals surface area contributed by atoms with Crippen molar-refractivity contribution in [2.75, 3.05) is 13.7 Å². The third-order valence-electron chi connectivity index (χ3n) is 16.1. The molecule has 65 heavy (non-hydrogen) atoms. The number of hydrogen-bond donors (Lipinski definition) is 5. The van der Waals surface area contributed by atoms with Crippen molar-refractivity contribution in [1.29, 1.82) is 0 Å². The van der Waals surface area contributed by atoms with E-state index < -0.39 is 17.9 Å². The molecule has 1 aliphatic carbocycles. The van der Waals surface area contributed by atoms with Crippen LogP contribution in [0.1, 0.15) is 180 Å². The number of carbonyl (C=O) groups is 3. The van der Waals surface area contributed by atoms with Crippen LogP contribution in [0.25, 0.3) is 12.2 Å². The molecule has 4 aliphatic heterocycles. The third-order valence-corrected chi connectivity index (χ3v) is 16.1. The number of hydrogen-bond acceptors (Lipinski definition) is 9.